The van der Waals surface area contributed by atoms with E-state index in [1.807, 2.05) is 18.3 Å². The van der Waals surface area contributed by atoms with Crippen LogP contribution < -0.4 is 5.32 Å². The number of carbonyl (C=O) groups is 1. The number of fused-ring (bicyclic) bond motifs is 1. The smallest absolute Gasteiger partial charge is 0.254 e. The normalized spacial score (nSPS) is 21.2. The number of hydrogen-bond donors (Lipinski definition) is 2. The van der Waals surface area contributed by atoms with Crippen LogP contribution in [0.25, 0.3) is 10.8 Å². The van der Waals surface area contributed by atoms with Crippen LogP contribution in [0.5, 0.6) is 0 Å². The summed E-state index contributed by atoms with van der Waals surface area (Å²) in [4.78, 5) is 17.6. The van der Waals surface area contributed by atoms with Gasteiger partial charge in [-0.2, -0.15) is 0 Å². The number of amides is 1. The SMILES string of the molecule is O=C(N[C@H]1CCCC[C@@H]1O)c1cc(Cc2ccc(C3CC3)nc2)c2ccccc2c1F. The van der Waals surface area contributed by atoms with Gasteiger partial charge in [0.1, 0.15) is 5.82 Å². The lowest BCUT2D eigenvalue weighted by Crippen LogP contribution is -2.45. The Bertz CT molecular complexity index is 1110. The van der Waals surface area contributed by atoms with E-state index >= 15 is 4.39 Å². The maximum Gasteiger partial charge on any atom is 0.254 e. The molecule has 31 heavy (non-hydrogen) atoms. The first-order valence-electron chi connectivity index (χ1n) is 11.2. The van der Waals surface area contributed by atoms with Gasteiger partial charge >= 0.3 is 0 Å². The molecule has 1 amide bonds. The van der Waals surface area contributed by atoms with Gasteiger partial charge in [0, 0.05) is 23.2 Å². The van der Waals surface area contributed by atoms with Crippen molar-refractivity contribution < 1.29 is 14.3 Å². The fraction of sp³-hybridized carbons (Fsp3) is 0.385. The first kappa shape index (κ1) is 20.1. The number of aliphatic hydroxyl groups excluding tert-OH is 1. The van der Waals surface area contributed by atoms with E-state index < -0.39 is 17.8 Å². The van der Waals surface area contributed by atoms with Crippen molar-refractivity contribution in [3.8, 4) is 0 Å². The average molecular weight is 419 g/mol. The van der Waals surface area contributed by atoms with E-state index in [2.05, 4.69) is 22.4 Å². The lowest BCUT2D eigenvalue weighted by molar-refractivity contribution is 0.0714. The molecule has 5 heteroatoms. The van der Waals surface area contributed by atoms with Crippen molar-refractivity contribution in [1.82, 2.24) is 10.3 Å². The molecule has 1 heterocycles. The number of nitrogens with one attached hydrogen (secondary N) is 1. The molecule has 160 valence electrons. The predicted octanol–water partition coefficient (Wildman–Crippen LogP) is 4.88. The Morgan fingerprint density at radius 3 is 2.55 bits per heavy atom. The predicted molar refractivity (Wildman–Crippen MR) is 119 cm³/mol. The second-order valence-corrected chi connectivity index (χ2v) is 8.92. The number of aliphatic hydroxyl groups is 1. The number of hydrogen-bond acceptors (Lipinski definition) is 3. The van der Waals surface area contributed by atoms with Crippen LogP contribution in [-0.4, -0.2) is 28.1 Å². The van der Waals surface area contributed by atoms with E-state index in [4.69, 9.17) is 0 Å². The number of rotatable bonds is 5. The van der Waals surface area contributed by atoms with Crippen LogP contribution in [0.1, 0.15) is 71.6 Å². The standard InChI is InChI=1S/C26H27FN2O2/c27-25-20-6-2-1-5-19(20)18(13-16-9-12-22(28-15-16)17-10-11-17)14-21(25)26(31)29-23-7-3-4-8-24(23)30/h1-2,5-6,9,12,14-15,17,23-24,30H,3-4,7-8,10-11,13H2,(H,29,31)/t23-,24-/m0/s1. The van der Waals surface area contributed by atoms with Crippen LogP contribution in [0.15, 0.2) is 48.7 Å². The van der Waals surface area contributed by atoms with Gasteiger partial charge in [-0.05, 0) is 60.7 Å². The minimum absolute atomic E-state index is 0.0361. The molecule has 2 aliphatic carbocycles. The van der Waals surface area contributed by atoms with Gasteiger partial charge in [0.25, 0.3) is 5.91 Å². The summed E-state index contributed by atoms with van der Waals surface area (Å²) in [5.74, 6) is -0.367. The highest BCUT2D eigenvalue weighted by Gasteiger charge is 2.27. The van der Waals surface area contributed by atoms with E-state index in [1.165, 1.54) is 12.8 Å². The van der Waals surface area contributed by atoms with Crippen LogP contribution in [0.2, 0.25) is 0 Å². The van der Waals surface area contributed by atoms with Crippen molar-refractivity contribution in [2.45, 2.75) is 63.0 Å². The fourth-order valence-electron chi connectivity index (χ4n) is 4.63. The van der Waals surface area contributed by atoms with E-state index in [1.54, 1.807) is 18.2 Å². The van der Waals surface area contributed by atoms with Crippen molar-refractivity contribution in [1.29, 1.82) is 0 Å². The molecule has 1 aromatic heterocycles. The van der Waals surface area contributed by atoms with Gasteiger partial charge in [-0.15, -0.1) is 0 Å². The third-order valence-corrected chi connectivity index (χ3v) is 6.59. The van der Waals surface area contributed by atoms with Crippen LogP contribution in [0.4, 0.5) is 4.39 Å². The van der Waals surface area contributed by atoms with Crippen LogP contribution in [0.3, 0.4) is 0 Å². The van der Waals surface area contributed by atoms with Gasteiger partial charge in [-0.25, -0.2) is 4.39 Å². The molecular formula is C26H27FN2O2. The van der Waals surface area contributed by atoms with Gasteiger partial charge in [0.15, 0.2) is 0 Å². The molecule has 2 N–H and O–H groups in total. The molecule has 5 rings (SSSR count). The van der Waals surface area contributed by atoms with Crippen LogP contribution in [0, 0.1) is 5.82 Å². The average Bonchev–Trinajstić information content (AvgIpc) is 3.63. The summed E-state index contributed by atoms with van der Waals surface area (Å²) in [5, 5.41) is 14.3. The molecule has 4 nitrogen and oxygen atoms in total. The summed E-state index contributed by atoms with van der Waals surface area (Å²) in [6.07, 6.45) is 7.61. The molecule has 2 aliphatic rings. The van der Waals surface area contributed by atoms with Crippen molar-refractivity contribution in [2.24, 2.45) is 0 Å². The van der Waals surface area contributed by atoms with Crippen LogP contribution in [-0.2, 0) is 6.42 Å². The zero-order chi connectivity index (χ0) is 21.4. The maximum atomic E-state index is 15.3. The Hall–Kier alpha value is -2.79. The number of pyridine rings is 1. The van der Waals surface area contributed by atoms with Crippen molar-refractivity contribution in [3.63, 3.8) is 0 Å². The molecule has 0 unspecified atom stereocenters. The largest absolute Gasteiger partial charge is 0.391 e. The highest BCUT2D eigenvalue weighted by molar-refractivity contribution is 6.00. The molecule has 3 aromatic rings. The van der Waals surface area contributed by atoms with E-state index in [-0.39, 0.29) is 11.6 Å². The quantitative estimate of drug-likeness (QED) is 0.621. The Morgan fingerprint density at radius 1 is 1.06 bits per heavy atom. The number of benzene rings is 2. The maximum absolute atomic E-state index is 15.3. The number of aromatic nitrogens is 1. The van der Waals surface area contributed by atoms with E-state index in [0.29, 0.717) is 30.6 Å². The van der Waals surface area contributed by atoms with Gasteiger partial charge in [0.2, 0.25) is 0 Å². The van der Waals surface area contributed by atoms with E-state index in [9.17, 15) is 9.90 Å². The minimum Gasteiger partial charge on any atom is -0.391 e. The number of nitrogens with zero attached hydrogens (tertiary/aromatic N) is 1. The summed E-state index contributed by atoms with van der Waals surface area (Å²) >= 11 is 0. The lowest BCUT2D eigenvalue weighted by Gasteiger charge is -2.28. The number of carbonyl (C=O) groups excluding carboxylic acids is 1. The molecule has 2 saturated carbocycles. The third kappa shape index (κ3) is 4.19. The lowest BCUT2D eigenvalue weighted by atomic mass is 9.91. The molecule has 0 saturated heterocycles. The Kier molecular flexibility index (Phi) is 5.45. The molecule has 0 radical (unpaired) electrons. The van der Waals surface area contributed by atoms with Crippen molar-refractivity contribution in [2.75, 3.05) is 0 Å². The molecule has 0 aliphatic heterocycles. The summed E-state index contributed by atoms with van der Waals surface area (Å²) in [7, 11) is 0. The second-order valence-electron chi connectivity index (χ2n) is 8.92. The summed E-state index contributed by atoms with van der Waals surface area (Å²) < 4.78 is 15.3. The Morgan fingerprint density at radius 2 is 1.84 bits per heavy atom. The first-order chi connectivity index (χ1) is 15.1. The fourth-order valence-corrected chi connectivity index (χ4v) is 4.63. The molecular weight excluding hydrogens is 391 g/mol. The molecule has 2 atom stereocenters. The van der Waals surface area contributed by atoms with Crippen LogP contribution >= 0.6 is 0 Å². The Balaban J connectivity index is 1.47. The highest BCUT2D eigenvalue weighted by atomic mass is 19.1. The molecule has 0 spiro atoms. The van der Waals surface area contributed by atoms with E-state index in [0.717, 1.165) is 35.0 Å². The van der Waals surface area contributed by atoms with Gasteiger partial charge in [0.05, 0.1) is 17.7 Å². The molecule has 0 bridgehead atoms. The summed E-state index contributed by atoms with van der Waals surface area (Å²) in [5.41, 5.74) is 3.11. The zero-order valence-corrected chi connectivity index (χ0v) is 17.5. The first-order valence-corrected chi connectivity index (χ1v) is 11.2. The number of halogens is 1. The minimum atomic E-state index is -0.572. The van der Waals surface area contributed by atoms with Gasteiger partial charge in [-0.1, -0.05) is 43.2 Å². The van der Waals surface area contributed by atoms with Gasteiger partial charge in [-0.3, -0.25) is 9.78 Å². The van der Waals surface area contributed by atoms with Gasteiger partial charge < -0.3 is 10.4 Å². The zero-order valence-electron chi connectivity index (χ0n) is 17.5. The Labute approximate surface area is 181 Å². The topological polar surface area (TPSA) is 62.2 Å². The molecule has 2 fully saturated rings. The van der Waals surface area contributed by atoms with Crippen molar-refractivity contribution in [3.05, 3.63) is 76.9 Å². The second kappa shape index (κ2) is 8.39. The highest BCUT2D eigenvalue weighted by Crippen LogP contribution is 2.38. The summed E-state index contributed by atoms with van der Waals surface area (Å²) in [6.45, 7) is 0. The van der Waals surface area contributed by atoms with Crippen molar-refractivity contribution >= 4 is 16.7 Å². The monoisotopic (exact) mass is 418 g/mol. The third-order valence-electron chi connectivity index (χ3n) is 6.59. The molecule has 2 aromatic carbocycles. The summed E-state index contributed by atoms with van der Waals surface area (Å²) in [6, 6.07) is 12.8.